The largest absolute Gasteiger partial charge is 0.368 e. The van der Waals surface area contributed by atoms with Crippen molar-refractivity contribution in [3.63, 3.8) is 0 Å². The monoisotopic (exact) mass is 465 g/mol. The number of likely N-dealkylation sites (N-methyl/N-ethyl adjacent to an activating group) is 1. The minimum absolute atomic E-state index is 0.0125. The highest BCUT2D eigenvalue weighted by molar-refractivity contribution is 5.94. The summed E-state index contributed by atoms with van der Waals surface area (Å²) in [5.41, 5.74) is 2.82. The van der Waals surface area contributed by atoms with E-state index >= 15 is 0 Å². The van der Waals surface area contributed by atoms with E-state index in [1.165, 1.54) is 0 Å². The van der Waals surface area contributed by atoms with Crippen molar-refractivity contribution < 1.29 is 23.7 Å². The van der Waals surface area contributed by atoms with Crippen LogP contribution in [0.4, 0.5) is 0 Å². The van der Waals surface area contributed by atoms with Gasteiger partial charge in [0.15, 0.2) is 12.1 Å². The molecule has 2 fully saturated rings. The number of rotatable bonds is 9. The normalized spacial score (nSPS) is 25.8. The first-order valence-electron chi connectivity index (χ1n) is 12.1. The lowest BCUT2D eigenvalue weighted by Gasteiger charge is -2.26. The fourth-order valence-electron chi connectivity index (χ4n) is 4.53. The van der Waals surface area contributed by atoms with Crippen LogP contribution in [-0.2, 0) is 36.8 Å². The van der Waals surface area contributed by atoms with E-state index in [-0.39, 0.29) is 12.0 Å². The molecule has 2 saturated heterocycles. The maximum Gasteiger partial charge on any atom is 0.249 e. The molecule has 2 aliphatic rings. The number of ether oxygens (including phenoxy) is 4. The second-order valence-electron chi connectivity index (χ2n) is 9.16. The van der Waals surface area contributed by atoms with Crippen LogP contribution in [-0.4, -0.2) is 54.3 Å². The summed E-state index contributed by atoms with van der Waals surface area (Å²) in [6.07, 6.45) is 0.654. The topological polar surface area (TPSA) is 57.2 Å². The number of carbonyl (C=O) groups excluding carboxylic acids is 1. The van der Waals surface area contributed by atoms with Crippen molar-refractivity contribution in [1.29, 1.82) is 0 Å². The summed E-state index contributed by atoms with van der Waals surface area (Å²) in [6.45, 7) is 9.45. The number of nitrogens with zero attached hydrogens (tertiary/aromatic N) is 1. The van der Waals surface area contributed by atoms with Crippen LogP contribution in [0.15, 0.2) is 72.3 Å². The first kappa shape index (κ1) is 24.6. The molecule has 2 aromatic rings. The van der Waals surface area contributed by atoms with Gasteiger partial charge < -0.3 is 23.8 Å². The average molecular weight is 466 g/mol. The van der Waals surface area contributed by atoms with Crippen molar-refractivity contribution in [2.24, 2.45) is 0 Å². The minimum Gasteiger partial charge on any atom is -0.368 e. The Balaban J connectivity index is 1.62. The summed E-state index contributed by atoms with van der Waals surface area (Å²) in [5.74, 6) is -0.735. The highest BCUT2D eigenvalue weighted by Crippen LogP contribution is 2.40. The Labute approximate surface area is 202 Å². The van der Waals surface area contributed by atoms with Crippen LogP contribution >= 0.6 is 0 Å². The number of fused-ring (bicyclic) bond motifs is 1. The molecule has 182 valence electrons. The zero-order chi connectivity index (χ0) is 24.1. The third kappa shape index (κ3) is 5.76. The van der Waals surface area contributed by atoms with E-state index in [4.69, 9.17) is 18.9 Å². The summed E-state index contributed by atoms with van der Waals surface area (Å²) in [4.78, 5) is 15.3. The Hall–Kier alpha value is -2.51. The molecule has 0 bridgehead atoms. The lowest BCUT2D eigenvalue weighted by atomic mass is 10.00. The van der Waals surface area contributed by atoms with Crippen LogP contribution in [0, 0.1) is 0 Å². The summed E-state index contributed by atoms with van der Waals surface area (Å²) in [6, 6.07) is 20.0. The summed E-state index contributed by atoms with van der Waals surface area (Å²) >= 11 is 0. The molecule has 2 aromatic carbocycles. The molecule has 2 heterocycles. The van der Waals surface area contributed by atoms with E-state index in [1.54, 1.807) is 0 Å². The number of hydrogen-bond donors (Lipinski definition) is 0. The van der Waals surface area contributed by atoms with Gasteiger partial charge in [-0.05, 0) is 44.9 Å². The lowest BCUT2D eigenvalue weighted by molar-refractivity contribution is -0.213. The third-order valence-corrected chi connectivity index (χ3v) is 6.24. The van der Waals surface area contributed by atoms with Crippen LogP contribution in [0.2, 0.25) is 0 Å². The van der Waals surface area contributed by atoms with E-state index in [0.29, 0.717) is 31.7 Å². The second kappa shape index (κ2) is 10.8. The van der Waals surface area contributed by atoms with Crippen molar-refractivity contribution in [2.45, 2.75) is 71.1 Å². The summed E-state index contributed by atoms with van der Waals surface area (Å²) < 4.78 is 24.8. The molecule has 0 saturated carbocycles. The van der Waals surface area contributed by atoms with Crippen molar-refractivity contribution in [1.82, 2.24) is 4.90 Å². The standard InChI is InChI=1S/C28H35NO5/c1-5-29(6-2)26(30)22(17-20-13-9-7-10-14-20)18-23-24(31-19-21-15-11-8-12-16-21)25-27(32-23)34-28(3,4)33-25/h7-16,18,23-25,27H,5-6,17,19H2,1-4H3/b22-18+/t23-,24+,25-,27-/m1/s1. The molecule has 1 amide bonds. The Morgan fingerprint density at radius 1 is 0.971 bits per heavy atom. The third-order valence-electron chi connectivity index (χ3n) is 6.24. The first-order valence-corrected chi connectivity index (χ1v) is 12.1. The minimum atomic E-state index is -0.748. The smallest absolute Gasteiger partial charge is 0.249 e. The predicted molar refractivity (Wildman–Crippen MR) is 130 cm³/mol. The van der Waals surface area contributed by atoms with Gasteiger partial charge in [0, 0.05) is 25.1 Å². The molecule has 6 heteroatoms. The Bertz CT molecular complexity index is 971. The van der Waals surface area contributed by atoms with Crippen molar-refractivity contribution in [3.8, 4) is 0 Å². The number of amides is 1. The van der Waals surface area contributed by atoms with Crippen molar-refractivity contribution in [3.05, 3.63) is 83.4 Å². The molecule has 4 atom stereocenters. The van der Waals surface area contributed by atoms with E-state index < -0.39 is 24.3 Å². The SMILES string of the molecule is CCN(CC)C(=O)/C(=C/[C@H]1O[C@@H]2OC(C)(C)O[C@@H]2[C@H]1OCc1ccccc1)Cc1ccccc1. The zero-order valence-corrected chi connectivity index (χ0v) is 20.5. The van der Waals surface area contributed by atoms with Gasteiger partial charge in [-0.1, -0.05) is 60.7 Å². The van der Waals surface area contributed by atoms with E-state index in [9.17, 15) is 4.79 Å². The van der Waals surface area contributed by atoms with E-state index in [1.807, 2.05) is 99.3 Å². The molecule has 6 nitrogen and oxygen atoms in total. The van der Waals surface area contributed by atoms with Crippen LogP contribution in [0.5, 0.6) is 0 Å². The number of carbonyl (C=O) groups is 1. The maximum absolute atomic E-state index is 13.4. The maximum atomic E-state index is 13.4. The van der Waals surface area contributed by atoms with Crippen LogP contribution in [0.3, 0.4) is 0 Å². The Morgan fingerprint density at radius 2 is 1.59 bits per heavy atom. The fraction of sp³-hybridized carbons (Fsp3) is 0.464. The van der Waals surface area contributed by atoms with Crippen molar-refractivity contribution >= 4 is 5.91 Å². The molecular weight excluding hydrogens is 430 g/mol. The van der Waals surface area contributed by atoms with Gasteiger partial charge in [0.2, 0.25) is 5.91 Å². The number of benzene rings is 2. The van der Waals surface area contributed by atoms with Gasteiger partial charge in [-0.15, -0.1) is 0 Å². The lowest BCUT2D eigenvalue weighted by Crippen LogP contribution is -2.37. The Morgan fingerprint density at radius 3 is 2.21 bits per heavy atom. The molecule has 0 radical (unpaired) electrons. The summed E-state index contributed by atoms with van der Waals surface area (Å²) in [7, 11) is 0. The molecule has 34 heavy (non-hydrogen) atoms. The Kier molecular flexibility index (Phi) is 7.84. The first-order chi connectivity index (χ1) is 16.4. The molecule has 0 aliphatic carbocycles. The molecule has 4 rings (SSSR count). The van der Waals surface area contributed by atoms with Gasteiger partial charge in [-0.25, -0.2) is 0 Å². The number of hydrogen-bond acceptors (Lipinski definition) is 5. The van der Waals surface area contributed by atoms with Gasteiger partial charge in [0.1, 0.15) is 18.3 Å². The van der Waals surface area contributed by atoms with Gasteiger partial charge in [0.05, 0.1) is 6.61 Å². The fourth-order valence-corrected chi connectivity index (χ4v) is 4.53. The summed E-state index contributed by atoms with van der Waals surface area (Å²) in [5, 5.41) is 0. The van der Waals surface area contributed by atoms with Crippen LogP contribution in [0.25, 0.3) is 0 Å². The van der Waals surface area contributed by atoms with Gasteiger partial charge in [0.25, 0.3) is 0 Å². The van der Waals surface area contributed by atoms with Crippen LogP contribution in [0.1, 0.15) is 38.8 Å². The highest BCUT2D eigenvalue weighted by Gasteiger charge is 2.55. The van der Waals surface area contributed by atoms with Gasteiger partial charge >= 0.3 is 0 Å². The molecule has 0 aromatic heterocycles. The van der Waals surface area contributed by atoms with E-state index in [0.717, 1.165) is 11.1 Å². The zero-order valence-electron chi connectivity index (χ0n) is 20.5. The second-order valence-corrected chi connectivity index (χ2v) is 9.16. The molecule has 0 N–H and O–H groups in total. The highest BCUT2D eigenvalue weighted by atomic mass is 16.8. The van der Waals surface area contributed by atoms with Crippen molar-refractivity contribution in [2.75, 3.05) is 13.1 Å². The van der Waals surface area contributed by atoms with Crippen LogP contribution < -0.4 is 0 Å². The van der Waals surface area contributed by atoms with E-state index in [2.05, 4.69) is 0 Å². The quantitative estimate of drug-likeness (QED) is 0.511. The van der Waals surface area contributed by atoms with Gasteiger partial charge in [-0.2, -0.15) is 0 Å². The predicted octanol–water partition coefficient (Wildman–Crippen LogP) is 4.49. The molecule has 2 aliphatic heterocycles. The molecule has 0 unspecified atom stereocenters. The average Bonchev–Trinajstić information content (AvgIpc) is 3.30. The molecular formula is C28H35NO5. The van der Waals surface area contributed by atoms with Gasteiger partial charge in [-0.3, -0.25) is 4.79 Å². The molecule has 0 spiro atoms.